The standard InChI is InChI=1S/C16H16FN3O3/c1-23-15-7-6-11(8-14(15)21)9-19-20-16(22)10-18-13-5-3-2-4-12(13)17/h2-9,18,21H,10H2,1H3,(H,20,22)/b19-9+. The predicted molar refractivity (Wildman–Crippen MR) is 85.3 cm³/mol. The number of hydrogen-bond acceptors (Lipinski definition) is 5. The van der Waals surface area contributed by atoms with Gasteiger partial charge in [0.2, 0.25) is 0 Å². The monoisotopic (exact) mass is 317 g/mol. The number of carbonyl (C=O) groups is 1. The Bertz CT molecular complexity index is 719. The summed E-state index contributed by atoms with van der Waals surface area (Å²) in [5.41, 5.74) is 3.13. The molecule has 0 saturated heterocycles. The first-order valence-corrected chi connectivity index (χ1v) is 6.77. The molecule has 6 nitrogen and oxygen atoms in total. The minimum atomic E-state index is -0.433. The van der Waals surface area contributed by atoms with Crippen LogP contribution in [0.3, 0.4) is 0 Å². The van der Waals surface area contributed by atoms with Gasteiger partial charge >= 0.3 is 0 Å². The molecule has 0 fully saturated rings. The van der Waals surface area contributed by atoms with Crippen LogP contribution in [0, 0.1) is 5.82 Å². The van der Waals surface area contributed by atoms with E-state index in [1.165, 1.54) is 31.5 Å². The first kappa shape index (κ1) is 16.3. The summed E-state index contributed by atoms with van der Waals surface area (Å²) >= 11 is 0. The number of phenolic OH excluding ortho intramolecular Hbond substituents is 1. The van der Waals surface area contributed by atoms with Crippen LogP contribution >= 0.6 is 0 Å². The Morgan fingerprint density at radius 2 is 2.13 bits per heavy atom. The van der Waals surface area contributed by atoms with Gasteiger partial charge in [0.25, 0.3) is 5.91 Å². The maximum absolute atomic E-state index is 13.4. The number of phenols is 1. The normalized spacial score (nSPS) is 10.5. The van der Waals surface area contributed by atoms with E-state index in [0.29, 0.717) is 11.3 Å². The molecule has 120 valence electrons. The molecule has 0 aromatic heterocycles. The quantitative estimate of drug-likeness (QED) is 0.563. The van der Waals surface area contributed by atoms with E-state index in [1.807, 2.05) is 0 Å². The Hall–Kier alpha value is -3.09. The maximum Gasteiger partial charge on any atom is 0.259 e. The molecule has 0 radical (unpaired) electrons. The molecule has 7 heteroatoms. The van der Waals surface area contributed by atoms with E-state index in [-0.39, 0.29) is 18.0 Å². The highest BCUT2D eigenvalue weighted by Crippen LogP contribution is 2.25. The Labute approximate surface area is 132 Å². The Morgan fingerprint density at radius 1 is 1.35 bits per heavy atom. The molecule has 2 aromatic rings. The molecule has 0 unspecified atom stereocenters. The number of methoxy groups -OCH3 is 1. The first-order chi connectivity index (χ1) is 11.1. The molecule has 0 aliphatic carbocycles. The molecule has 2 aromatic carbocycles. The molecule has 0 spiro atoms. The van der Waals surface area contributed by atoms with Crippen LogP contribution in [0.4, 0.5) is 10.1 Å². The van der Waals surface area contributed by atoms with Crippen molar-refractivity contribution in [3.8, 4) is 11.5 Å². The van der Waals surface area contributed by atoms with Crippen molar-refractivity contribution in [2.75, 3.05) is 19.0 Å². The number of hydrogen-bond donors (Lipinski definition) is 3. The minimum Gasteiger partial charge on any atom is -0.504 e. The van der Waals surface area contributed by atoms with Crippen molar-refractivity contribution >= 4 is 17.8 Å². The number of nitrogens with zero attached hydrogens (tertiary/aromatic N) is 1. The van der Waals surface area contributed by atoms with Gasteiger partial charge in [-0.1, -0.05) is 12.1 Å². The van der Waals surface area contributed by atoms with Gasteiger partial charge in [0, 0.05) is 0 Å². The second-order valence-electron chi connectivity index (χ2n) is 4.56. The maximum atomic E-state index is 13.4. The van der Waals surface area contributed by atoms with Crippen molar-refractivity contribution in [2.45, 2.75) is 0 Å². The number of halogens is 1. The molecule has 23 heavy (non-hydrogen) atoms. The third kappa shape index (κ3) is 4.70. The zero-order valence-electron chi connectivity index (χ0n) is 12.4. The Balaban J connectivity index is 1.84. The van der Waals surface area contributed by atoms with Crippen LogP contribution in [-0.2, 0) is 4.79 Å². The van der Waals surface area contributed by atoms with Crippen molar-refractivity contribution in [3.63, 3.8) is 0 Å². The number of hydrazone groups is 1. The van der Waals surface area contributed by atoms with Gasteiger partial charge in [-0.2, -0.15) is 5.10 Å². The van der Waals surface area contributed by atoms with Crippen LogP contribution in [0.15, 0.2) is 47.6 Å². The van der Waals surface area contributed by atoms with Gasteiger partial charge in [0.1, 0.15) is 5.82 Å². The van der Waals surface area contributed by atoms with E-state index >= 15 is 0 Å². The molecule has 0 bridgehead atoms. The highest BCUT2D eigenvalue weighted by Gasteiger charge is 2.03. The second kappa shape index (κ2) is 7.79. The van der Waals surface area contributed by atoms with E-state index in [0.717, 1.165) is 0 Å². The average Bonchev–Trinajstić information content (AvgIpc) is 2.54. The van der Waals surface area contributed by atoms with Gasteiger partial charge < -0.3 is 15.2 Å². The van der Waals surface area contributed by atoms with E-state index in [4.69, 9.17) is 4.74 Å². The van der Waals surface area contributed by atoms with E-state index in [2.05, 4.69) is 15.8 Å². The molecule has 0 aliphatic rings. The number of nitrogens with one attached hydrogen (secondary N) is 2. The van der Waals surface area contributed by atoms with Crippen molar-refractivity contribution in [1.82, 2.24) is 5.43 Å². The molecule has 2 rings (SSSR count). The van der Waals surface area contributed by atoms with Crippen LogP contribution in [0.25, 0.3) is 0 Å². The lowest BCUT2D eigenvalue weighted by Crippen LogP contribution is -2.26. The number of ether oxygens (including phenoxy) is 1. The van der Waals surface area contributed by atoms with Crippen molar-refractivity contribution in [3.05, 3.63) is 53.8 Å². The summed E-state index contributed by atoms with van der Waals surface area (Å²) in [5, 5.41) is 16.0. The van der Waals surface area contributed by atoms with Crippen LogP contribution < -0.4 is 15.5 Å². The molecule has 0 heterocycles. The van der Waals surface area contributed by atoms with Gasteiger partial charge in [0.05, 0.1) is 25.6 Å². The second-order valence-corrected chi connectivity index (χ2v) is 4.56. The average molecular weight is 317 g/mol. The molecular formula is C16H16FN3O3. The lowest BCUT2D eigenvalue weighted by molar-refractivity contribution is -0.119. The summed E-state index contributed by atoms with van der Waals surface area (Å²) in [6.07, 6.45) is 1.38. The number of para-hydroxylation sites is 1. The number of carbonyl (C=O) groups excluding carboxylic acids is 1. The molecule has 1 amide bonds. The van der Waals surface area contributed by atoms with Crippen molar-refractivity contribution < 1.29 is 19.0 Å². The van der Waals surface area contributed by atoms with Crippen LogP contribution in [0.5, 0.6) is 11.5 Å². The van der Waals surface area contributed by atoms with Crippen LogP contribution in [0.1, 0.15) is 5.56 Å². The van der Waals surface area contributed by atoms with Crippen LogP contribution in [0.2, 0.25) is 0 Å². The molecule has 0 aliphatic heterocycles. The van der Waals surface area contributed by atoms with Gasteiger partial charge in [-0.15, -0.1) is 0 Å². The SMILES string of the molecule is COc1ccc(/C=N/NC(=O)CNc2ccccc2F)cc1O. The fourth-order valence-corrected chi connectivity index (χ4v) is 1.79. The number of rotatable bonds is 6. The third-order valence-corrected chi connectivity index (χ3v) is 2.92. The fraction of sp³-hybridized carbons (Fsp3) is 0.125. The summed E-state index contributed by atoms with van der Waals surface area (Å²) in [5.74, 6) is -0.538. The van der Waals surface area contributed by atoms with Gasteiger partial charge in [-0.25, -0.2) is 9.82 Å². The highest BCUT2D eigenvalue weighted by atomic mass is 19.1. The largest absolute Gasteiger partial charge is 0.504 e. The molecule has 3 N–H and O–H groups in total. The zero-order valence-corrected chi connectivity index (χ0v) is 12.4. The zero-order chi connectivity index (χ0) is 16.7. The topological polar surface area (TPSA) is 83.0 Å². The fourth-order valence-electron chi connectivity index (χ4n) is 1.79. The third-order valence-electron chi connectivity index (χ3n) is 2.92. The number of amides is 1. The Morgan fingerprint density at radius 3 is 2.83 bits per heavy atom. The van der Waals surface area contributed by atoms with E-state index < -0.39 is 11.7 Å². The number of anilines is 1. The smallest absolute Gasteiger partial charge is 0.259 e. The van der Waals surface area contributed by atoms with Crippen molar-refractivity contribution in [1.29, 1.82) is 0 Å². The lowest BCUT2D eigenvalue weighted by atomic mass is 10.2. The summed E-state index contributed by atoms with van der Waals surface area (Å²) in [7, 11) is 1.45. The molecule has 0 atom stereocenters. The van der Waals surface area contributed by atoms with E-state index in [1.54, 1.807) is 24.3 Å². The highest BCUT2D eigenvalue weighted by molar-refractivity contribution is 5.84. The van der Waals surface area contributed by atoms with E-state index in [9.17, 15) is 14.3 Å². The summed E-state index contributed by atoms with van der Waals surface area (Å²) in [6.45, 7) is -0.119. The predicted octanol–water partition coefficient (Wildman–Crippen LogP) is 2.10. The summed E-state index contributed by atoms with van der Waals surface area (Å²) in [4.78, 5) is 11.6. The van der Waals surface area contributed by atoms with Gasteiger partial charge in [-0.05, 0) is 35.9 Å². The summed E-state index contributed by atoms with van der Waals surface area (Å²) in [6, 6.07) is 10.8. The van der Waals surface area contributed by atoms with Gasteiger partial charge in [0.15, 0.2) is 11.5 Å². The van der Waals surface area contributed by atoms with Crippen LogP contribution in [-0.4, -0.2) is 30.9 Å². The molecular weight excluding hydrogens is 301 g/mol. The Kier molecular flexibility index (Phi) is 5.51. The molecule has 0 saturated carbocycles. The van der Waals surface area contributed by atoms with Crippen molar-refractivity contribution in [2.24, 2.45) is 5.10 Å². The number of aromatic hydroxyl groups is 1. The number of benzene rings is 2. The van der Waals surface area contributed by atoms with Gasteiger partial charge in [-0.3, -0.25) is 4.79 Å². The lowest BCUT2D eigenvalue weighted by Gasteiger charge is -2.06. The first-order valence-electron chi connectivity index (χ1n) is 6.77. The minimum absolute atomic E-state index is 0.0241. The summed E-state index contributed by atoms with van der Waals surface area (Å²) < 4.78 is 18.3.